The summed E-state index contributed by atoms with van der Waals surface area (Å²) in [5.41, 5.74) is 1.85. The van der Waals surface area contributed by atoms with Crippen molar-refractivity contribution in [2.24, 2.45) is 4.99 Å². The van der Waals surface area contributed by atoms with Crippen LogP contribution in [-0.2, 0) is 0 Å². The number of hydrogen-bond donors (Lipinski definition) is 1. The Morgan fingerprint density at radius 3 is 3.09 bits per heavy atom. The molecule has 0 bridgehead atoms. The molecule has 0 aromatic carbocycles. The molecule has 1 aromatic heterocycles. The largest absolute Gasteiger partial charge is 0.343 e. The number of allylic oxidation sites excluding steroid dienone is 1. The van der Waals surface area contributed by atoms with Crippen LogP contribution in [0.3, 0.4) is 0 Å². The third kappa shape index (κ3) is 1.55. The number of nitrogens with one attached hydrogen (secondary N) is 1. The second-order valence-electron chi connectivity index (χ2n) is 2.27. The Hall–Kier alpha value is -1.38. The molecule has 3 nitrogen and oxygen atoms in total. The van der Waals surface area contributed by atoms with E-state index in [0.29, 0.717) is 5.82 Å². The summed E-state index contributed by atoms with van der Waals surface area (Å²) < 4.78 is 0. The van der Waals surface area contributed by atoms with E-state index in [1.807, 2.05) is 13.8 Å². The zero-order valence-corrected chi connectivity index (χ0v) is 6.76. The van der Waals surface area contributed by atoms with Gasteiger partial charge in [-0.1, -0.05) is 6.58 Å². The molecule has 11 heavy (non-hydrogen) atoms. The van der Waals surface area contributed by atoms with E-state index in [1.54, 1.807) is 12.5 Å². The molecular weight excluding hydrogens is 138 g/mol. The third-order valence-electron chi connectivity index (χ3n) is 1.30. The molecule has 3 heteroatoms. The second-order valence-corrected chi connectivity index (χ2v) is 2.27. The highest BCUT2D eigenvalue weighted by molar-refractivity contribution is 5.70. The predicted octanol–water partition coefficient (Wildman–Crippen LogP) is 2.17. The van der Waals surface area contributed by atoms with E-state index < -0.39 is 0 Å². The van der Waals surface area contributed by atoms with Gasteiger partial charge >= 0.3 is 0 Å². The molecule has 0 atom stereocenters. The lowest BCUT2D eigenvalue weighted by Crippen LogP contribution is -1.77. The number of aliphatic imine (C=N–C) groups is 1. The van der Waals surface area contributed by atoms with Crippen molar-refractivity contribution in [1.29, 1.82) is 0 Å². The van der Waals surface area contributed by atoms with Crippen LogP contribution in [0.2, 0.25) is 0 Å². The first-order valence-electron chi connectivity index (χ1n) is 3.43. The average Bonchev–Trinajstić information content (AvgIpc) is 2.36. The number of aromatic nitrogens is 2. The lowest BCUT2D eigenvalue weighted by atomic mass is 10.2. The molecular formula is C8H11N3. The maximum Gasteiger partial charge on any atom is 0.177 e. The highest BCUT2D eigenvalue weighted by Gasteiger charge is 2.02. The lowest BCUT2D eigenvalue weighted by Gasteiger charge is -1.93. The molecule has 0 aliphatic rings. The average molecular weight is 149 g/mol. The van der Waals surface area contributed by atoms with Gasteiger partial charge in [-0.25, -0.2) is 9.98 Å². The van der Waals surface area contributed by atoms with Crippen LogP contribution in [0.25, 0.3) is 5.57 Å². The van der Waals surface area contributed by atoms with Crippen LogP contribution in [0.1, 0.15) is 19.5 Å². The first-order valence-corrected chi connectivity index (χ1v) is 3.43. The second kappa shape index (κ2) is 3.14. The molecule has 1 aromatic rings. The van der Waals surface area contributed by atoms with Gasteiger partial charge in [0.2, 0.25) is 0 Å². The number of hydrogen-bond acceptors (Lipinski definition) is 2. The van der Waals surface area contributed by atoms with Crippen molar-refractivity contribution in [3.05, 3.63) is 18.6 Å². The summed E-state index contributed by atoms with van der Waals surface area (Å²) in [7, 11) is 0. The molecule has 0 radical (unpaired) electrons. The summed E-state index contributed by atoms with van der Waals surface area (Å²) >= 11 is 0. The fourth-order valence-corrected chi connectivity index (χ4v) is 0.821. The van der Waals surface area contributed by atoms with Gasteiger partial charge in [-0.2, -0.15) is 0 Å². The van der Waals surface area contributed by atoms with Crippen molar-refractivity contribution >= 4 is 17.6 Å². The van der Waals surface area contributed by atoms with Crippen molar-refractivity contribution in [3.63, 3.8) is 0 Å². The van der Waals surface area contributed by atoms with Gasteiger partial charge in [0, 0.05) is 6.21 Å². The van der Waals surface area contributed by atoms with E-state index in [4.69, 9.17) is 0 Å². The molecule has 0 aliphatic heterocycles. The van der Waals surface area contributed by atoms with E-state index in [9.17, 15) is 0 Å². The zero-order valence-electron chi connectivity index (χ0n) is 6.76. The van der Waals surface area contributed by atoms with Crippen molar-refractivity contribution in [2.75, 3.05) is 0 Å². The number of imidazole rings is 1. The number of H-pyrrole nitrogens is 1. The fourth-order valence-electron chi connectivity index (χ4n) is 0.821. The predicted molar refractivity (Wildman–Crippen MR) is 47.1 cm³/mol. The highest BCUT2D eigenvalue weighted by Crippen LogP contribution is 2.19. The van der Waals surface area contributed by atoms with Crippen molar-refractivity contribution in [1.82, 2.24) is 9.97 Å². The quantitative estimate of drug-likeness (QED) is 0.643. The molecule has 1 N–H and O–H groups in total. The molecule has 58 valence electrons. The number of aromatic amines is 1. The maximum absolute atomic E-state index is 4.06. The van der Waals surface area contributed by atoms with Gasteiger partial charge in [0.05, 0.1) is 12.0 Å². The van der Waals surface area contributed by atoms with Crippen LogP contribution in [0.4, 0.5) is 5.82 Å². The van der Waals surface area contributed by atoms with E-state index in [-0.39, 0.29) is 0 Å². The Morgan fingerprint density at radius 2 is 2.55 bits per heavy atom. The minimum Gasteiger partial charge on any atom is -0.343 e. The van der Waals surface area contributed by atoms with Gasteiger partial charge in [-0.15, -0.1) is 0 Å². The SMILES string of the molecule is C=C(C)c1[nH]cnc1N=CC. The molecule has 0 spiro atoms. The molecule has 0 saturated carbocycles. The normalized spacial score (nSPS) is 10.7. The molecule has 0 aliphatic carbocycles. The topological polar surface area (TPSA) is 41.0 Å². The van der Waals surface area contributed by atoms with Crippen molar-refractivity contribution in [2.45, 2.75) is 13.8 Å². The van der Waals surface area contributed by atoms with Gasteiger partial charge in [0.1, 0.15) is 0 Å². The van der Waals surface area contributed by atoms with Crippen molar-refractivity contribution < 1.29 is 0 Å². The van der Waals surface area contributed by atoms with Crippen molar-refractivity contribution in [3.8, 4) is 0 Å². The van der Waals surface area contributed by atoms with E-state index in [2.05, 4.69) is 21.5 Å². The smallest absolute Gasteiger partial charge is 0.177 e. The molecule has 1 rings (SSSR count). The summed E-state index contributed by atoms with van der Waals surface area (Å²) in [5.74, 6) is 0.708. The maximum atomic E-state index is 4.06. The lowest BCUT2D eigenvalue weighted by molar-refractivity contribution is 1.29. The fraction of sp³-hybridized carbons (Fsp3) is 0.250. The monoisotopic (exact) mass is 149 g/mol. The van der Waals surface area contributed by atoms with Crippen LogP contribution in [0, 0.1) is 0 Å². The minimum absolute atomic E-state index is 0.708. The Bertz CT molecular complexity index is 283. The molecule has 0 unspecified atom stereocenters. The first-order chi connectivity index (χ1) is 5.25. The summed E-state index contributed by atoms with van der Waals surface area (Å²) in [4.78, 5) is 11.0. The van der Waals surface area contributed by atoms with Crippen LogP contribution in [-0.4, -0.2) is 16.2 Å². The van der Waals surface area contributed by atoms with Crippen LogP contribution in [0.5, 0.6) is 0 Å². The standard InChI is InChI=1S/C8H11N3/c1-4-9-8-7(6(2)3)10-5-11-8/h4-5H,2H2,1,3H3,(H,10,11). The highest BCUT2D eigenvalue weighted by atomic mass is 15.0. The van der Waals surface area contributed by atoms with Gasteiger partial charge in [-0.05, 0) is 19.4 Å². The summed E-state index contributed by atoms with van der Waals surface area (Å²) in [6, 6.07) is 0. The minimum atomic E-state index is 0.708. The molecule has 0 fully saturated rings. The van der Waals surface area contributed by atoms with Crippen LogP contribution >= 0.6 is 0 Å². The van der Waals surface area contributed by atoms with E-state index in [1.165, 1.54) is 0 Å². The van der Waals surface area contributed by atoms with Crippen LogP contribution in [0.15, 0.2) is 17.9 Å². The zero-order chi connectivity index (χ0) is 8.27. The van der Waals surface area contributed by atoms with Gasteiger partial charge in [0.25, 0.3) is 0 Å². The molecule has 0 saturated heterocycles. The number of rotatable bonds is 2. The first kappa shape index (κ1) is 7.72. The third-order valence-corrected chi connectivity index (χ3v) is 1.30. The summed E-state index contributed by atoms with van der Waals surface area (Å²) in [6.45, 7) is 7.57. The van der Waals surface area contributed by atoms with Crippen LogP contribution < -0.4 is 0 Å². The summed E-state index contributed by atoms with van der Waals surface area (Å²) in [6.07, 6.45) is 3.33. The van der Waals surface area contributed by atoms with Gasteiger partial charge in [0.15, 0.2) is 5.82 Å². The van der Waals surface area contributed by atoms with E-state index in [0.717, 1.165) is 11.3 Å². The van der Waals surface area contributed by atoms with Gasteiger partial charge in [-0.3, -0.25) is 0 Å². The number of nitrogens with zero attached hydrogens (tertiary/aromatic N) is 2. The van der Waals surface area contributed by atoms with E-state index >= 15 is 0 Å². The molecule has 0 amide bonds. The Labute approximate surface area is 65.9 Å². The molecule has 1 heterocycles. The Kier molecular flexibility index (Phi) is 2.21. The summed E-state index contributed by atoms with van der Waals surface area (Å²) in [5, 5.41) is 0. The Morgan fingerprint density at radius 1 is 1.82 bits per heavy atom. The Balaban J connectivity index is 3.05. The van der Waals surface area contributed by atoms with Gasteiger partial charge < -0.3 is 4.98 Å².